The predicted molar refractivity (Wildman–Crippen MR) is 87.7 cm³/mol. The van der Waals surface area contributed by atoms with Crippen LogP contribution < -0.4 is 4.90 Å². The first-order valence-electron chi connectivity index (χ1n) is 8.00. The third-order valence-electron chi connectivity index (χ3n) is 5.10. The van der Waals surface area contributed by atoms with Crippen molar-refractivity contribution in [1.82, 2.24) is 14.5 Å². The van der Waals surface area contributed by atoms with Gasteiger partial charge < -0.3 is 9.47 Å². The molecule has 0 amide bonds. The van der Waals surface area contributed by atoms with E-state index in [1.165, 1.54) is 19.3 Å². The third-order valence-corrected chi connectivity index (χ3v) is 6.76. The summed E-state index contributed by atoms with van der Waals surface area (Å²) in [7, 11) is 3.12. The van der Waals surface area contributed by atoms with Crippen LogP contribution in [0.2, 0.25) is 0 Å². The van der Waals surface area contributed by atoms with Crippen LogP contribution in [-0.2, 0) is 23.4 Å². The smallest absolute Gasteiger partial charge is 0.204 e. The summed E-state index contributed by atoms with van der Waals surface area (Å²) in [6, 6.07) is 0.185. The molecule has 2 heterocycles. The normalized spacial score (nSPS) is 25.9. The van der Waals surface area contributed by atoms with E-state index in [2.05, 4.69) is 14.5 Å². The molecule has 7 heteroatoms. The first kappa shape index (κ1) is 15.8. The van der Waals surface area contributed by atoms with Crippen LogP contribution in [0.1, 0.15) is 25.0 Å². The topological polar surface area (TPSA) is 58.4 Å². The van der Waals surface area contributed by atoms with E-state index in [0.29, 0.717) is 18.2 Å². The monoisotopic (exact) mass is 326 g/mol. The van der Waals surface area contributed by atoms with Gasteiger partial charge >= 0.3 is 0 Å². The van der Waals surface area contributed by atoms with Crippen molar-refractivity contribution in [3.63, 3.8) is 0 Å². The Morgan fingerprint density at radius 1 is 1.36 bits per heavy atom. The summed E-state index contributed by atoms with van der Waals surface area (Å²) in [5.41, 5.74) is 1.15. The lowest BCUT2D eigenvalue weighted by molar-refractivity contribution is 0.101. The summed E-state index contributed by atoms with van der Waals surface area (Å²) in [5, 5.41) is 0. The molecule has 0 spiro atoms. The molecule has 124 valence electrons. The Hall–Kier alpha value is -1.08. The average molecular weight is 326 g/mol. The highest BCUT2D eigenvalue weighted by atomic mass is 32.2. The summed E-state index contributed by atoms with van der Waals surface area (Å²) in [6.07, 6.45) is 5.50. The van der Waals surface area contributed by atoms with E-state index >= 15 is 0 Å². The molecule has 3 rings (SSSR count). The molecule has 1 saturated heterocycles. The number of anilines is 1. The molecule has 1 atom stereocenters. The van der Waals surface area contributed by atoms with Crippen LogP contribution >= 0.6 is 0 Å². The van der Waals surface area contributed by atoms with Gasteiger partial charge in [-0.25, -0.2) is 13.4 Å². The molecule has 0 N–H and O–H groups in total. The van der Waals surface area contributed by atoms with Crippen molar-refractivity contribution in [2.24, 2.45) is 13.0 Å². The average Bonchev–Trinajstić information content (AvgIpc) is 2.72. The van der Waals surface area contributed by atoms with Gasteiger partial charge in [0.1, 0.15) is 0 Å². The molecule has 6 nitrogen and oxygen atoms in total. The molecule has 2 fully saturated rings. The zero-order valence-electron chi connectivity index (χ0n) is 13.7. The Bertz CT molecular complexity index is 634. The number of hydrogen-bond acceptors (Lipinski definition) is 5. The van der Waals surface area contributed by atoms with Crippen LogP contribution in [0.25, 0.3) is 0 Å². The highest BCUT2D eigenvalue weighted by Gasteiger charge is 2.38. The van der Waals surface area contributed by atoms with Crippen molar-refractivity contribution in [2.45, 2.75) is 31.8 Å². The molecule has 0 aromatic carbocycles. The van der Waals surface area contributed by atoms with Crippen molar-refractivity contribution in [1.29, 1.82) is 0 Å². The lowest BCUT2D eigenvalue weighted by Gasteiger charge is -2.43. The van der Waals surface area contributed by atoms with Crippen LogP contribution in [0, 0.1) is 5.92 Å². The Morgan fingerprint density at radius 3 is 2.64 bits per heavy atom. The zero-order valence-corrected chi connectivity index (χ0v) is 14.5. The lowest BCUT2D eigenvalue weighted by atomic mass is 9.79. The minimum atomic E-state index is -2.87. The second-order valence-corrected chi connectivity index (χ2v) is 9.07. The quantitative estimate of drug-likeness (QED) is 0.822. The van der Waals surface area contributed by atoms with E-state index in [-0.39, 0.29) is 11.8 Å². The van der Waals surface area contributed by atoms with Gasteiger partial charge in [-0.15, -0.1) is 0 Å². The van der Waals surface area contributed by atoms with Crippen LogP contribution in [0.3, 0.4) is 0 Å². The van der Waals surface area contributed by atoms with E-state index in [4.69, 9.17) is 0 Å². The fraction of sp³-hybridized carbons (Fsp3) is 0.800. The predicted octanol–water partition coefficient (Wildman–Crippen LogP) is 0.885. The molecule has 0 bridgehead atoms. The minimum absolute atomic E-state index is 0.185. The van der Waals surface area contributed by atoms with Crippen LogP contribution in [0.5, 0.6) is 0 Å². The Morgan fingerprint density at radius 2 is 2.09 bits per heavy atom. The summed E-state index contributed by atoms with van der Waals surface area (Å²) < 4.78 is 26.1. The fourth-order valence-electron chi connectivity index (χ4n) is 3.53. The number of imidazole rings is 1. The molecule has 1 aliphatic carbocycles. The maximum Gasteiger partial charge on any atom is 0.204 e. The number of sulfone groups is 1. The lowest BCUT2D eigenvalue weighted by Crippen LogP contribution is -2.53. The van der Waals surface area contributed by atoms with Gasteiger partial charge in [0.2, 0.25) is 5.95 Å². The fourth-order valence-corrected chi connectivity index (χ4v) is 5.21. The van der Waals surface area contributed by atoms with E-state index in [1.54, 1.807) is 0 Å². The molecule has 1 aromatic heterocycles. The van der Waals surface area contributed by atoms with Gasteiger partial charge in [-0.3, -0.25) is 4.90 Å². The molecule has 22 heavy (non-hydrogen) atoms. The second kappa shape index (κ2) is 5.85. The van der Waals surface area contributed by atoms with Crippen LogP contribution in [-0.4, -0.2) is 61.1 Å². The van der Waals surface area contributed by atoms with E-state index in [9.17, 15) is 8.42 Å². The SMILES string of the molecule is CN(C)c1ncc(CN2CCS(=O)(=O)C[C@@H]2C2CCC2)n1C. The van der Waals surface area contributed by atoms with Crippen LogP contribution in [0.15, 0.2) is 6.20 Å². The highest BCUT2D eigenvalue weighted by molar-refractivity contribution is 7.91. The van der Waals surface area contributed by atoms with Crippen molar-refractivity contribution < 1.29 is 8.42 Å². The van der Waals surface area contributed by atoms with Crippen LogP contribution in [0.4, 0.5) is 5.95 Å². The molecular formula is C15H26N4O2S. The Labute approximate surface area is 133 Å². The van der Waals surface area contributed by atoms with Gasteiger partial charge in [0.25, 0.3) is 0 Å². The molecule has 0 unspecified atom stereocenters. The van der Waals surface area contributed by atoms with Crippen molar-refractivity contribution >= 4 is 15.8 Å². The van der Waals surface area contributed by atoms with Crippen molar-refractivity contribution in [2.75, 3.05) is 37.0 Å². The zero-order chi connectivity index (χ0) is 15.9. The van der Waals surface area contributed by atoms with Gasteiger partial charge in [-0.1, -0.05) is 6.42 Å². The molecule has 1 aromatic rings. The molecule has 1 saturated carbocycles. The van der Waals surface area contributed by atoms with Gasteiger partial charge in [0.15, 0.2) is 9.84 Å². The summed E-state index contributed by atoms with van der Waals surface area (Å²) in [5.74, 6) is 2.10. The summed E-state index contributed by atoms with van der Waals surface area (Å²) in [4.78, 5) is 8.81. The molecule has 1 aliphatic heterocycles. The number of aromatic nitrogens is 2. The first-order valence-corrected chi connectivity index (χ1v) is 9.82. The van der Waals surface area contributed by atoms with Crippen molar-refractivity contribution in [3.05, 3.63) is 11.9 Å². The number of hydrogen-bond donors (Lipinski definition) is 0. The largest absolute Gasteiger partial charge is 0.348 e. The van der Waals surface area contributed by atoms with E-state index < -0.39 is 9.84 Å². The van der Waals surface area contributed by atoms with Gasteiger partial charge in [-0.2, -0.15) is 0 Å². The van der Waals surface area contributed by atoms with Gasteiger partial charge in [0.05, 0.1) is 23.4 Å². The highest BCUT2D eigenvalue weighted by Crippen LogP contribution is 2.35. The first-order chi connectivity index (χ1) is 10.4. The number of rotatable bonds is 4. The van der Waals surface area contributed by atoms with E-state index in [0.717, 1.165) is 18.2 Å². The Kier molecular flexibility index (Phi) is 4.20. The van der Waals surface area contributed by atoms with Gasteiger partial charge in [-0.05, 0) is 18.8 Å². The molecular weight excluding hydrogens is 300 g/mol. The maximum atomic E-state index is 12.0. The minimum Gasteiger partial charge on any atom is -0.348 e. The maximum absolute atomic E-state index is 12.0. The third kappa shape index (κ3) is 3.01. The Balaban J connectivity index is 1.78. The molecule has 0 radical (unpaired) electrons. The summed E-state index contributed by atoms with van der Waals surface area (Å²) in [6.45, 7) is 1.43. The van der Waals surface area contributed by atoms with E-state index in [1.807, 2.05) is 32.2 Å². The summed E-state index contributed by atoms with van der Waals surface area (Å²) >= 11 is 0. The van der Waals surface area contributed by atoms with Gasteiger partial charge in [0, 0.05) is 40.3 Å². The number of nitrogens with zero attached hydrogens (tertiary/aromatic N) is 4. The second-order valence-electron chi connectivity index (χ2n) is 6.85. The molecule has 2 aliphatic rings. The standard InChI is InChI=1S/C15H26N4O2S/c1-17(2)15-16-9-13(18(15)3)10-19-7-8-22(20,21)11-14(19)12-5-4-6-12/h9,12,14H,4-8,10-11H2,1-3H3/t14-/m1/s1. The van der Waals surface area contributed by atoms with Crippen molar-refractivity contribution in [3.8, 4) is 0 Å².